The summed E-state index contributed by atoms with van der Waals surface area (Å²) in [6, 6.07) is 4.52. The molecule has 2 rings (SSSR count). The summed E-state index contributed by atoms with van der Waals surface area (Å²) in [5.74, 6) is 0. The second kappa shape index (κ2) is 4.96. The van der Waals surface area contributed by atoms with E-state index in [0.29, 0.717) is 18.8 Å². The molecule has 1 saturated heterocycles. The third kappa shape index (κ3) is 3.04. The van der Waals surface area contributed by atoms with Crippen molar-refractivity contribution >= 4 is 27.3 Å². The molecule has 1 aliphatic rings. The van der Waals surface area contributed by atoms with Crippen LogP contribution in [0.4, 0.5) is 5.69 Å². The van der Waals surface area contributed by atoms with Crippen LogP contribution in [0.3, 0.4) is 0 Å². The van der Waals surface area contributed by atoms with Gasteiger partial charge in [-0.3, -0.25) is 0 Å². The summed E-state index contributed by atoms with van der Waals surface area (Å²) in [6.07, 6.45) is 1.91. The van der Waals surface area contributed by atoms with Crippen molar-refractivity contribution in [2.45, 2.75) is 31.6 Å². The molecule has 0 amide bonds. The summed E-state index contributed by atoms with van der Waals surface area (Å²) in [6.45, 7) is 5.24. The monoisotopic (exact) mass is 302 g/mol. The zero-order chi connectivity index (χ0) is 14.3. The molecule has 0 bridgehead atoms. The van der Waals surface area contributed by atoms with Crippen LogP contribution < -0.4 is 5.73 Å². The Hall–Kier alpha value is -0.780. The predicted molar refractivity (Wildman–Crippen MR) is 77.6 cm³/mol. The highest BCUT2D eigenvalue weighted by Gasteiger charge is 2.34. The van der Waals surface area contributed by atoms with E-state index in [2.05, 4.69) is 13.8 Å². The number of nitrogens with zero attached hydrogens (tertiary/aromatic N) is 1. The first-order valence-electron chi connectivity index (χ1n) is 6.28. The van der Waals surface area contributed by atoms with Crippen LogP contribution in [0, 0.1) is 5.41 Å². The topological polar surface area (TPSA) is 63.4 Å². The van der Waals surface area contributed by atoms with Crippen LogP contribution in [0.25, 0.3) is 0 Å². The molecule has 1 aromatic carbocycles. The van der Waals surface area contributed by atoms with Gasteiger partial charge in [0.25, 0.3) is 0 Å². The Bertz CT molecular complexity index is 584. The highest BCUT2D eigenvalue weighted by atomic mass is 35.5. The second-order valence-electron chi connectivity index (χ2n) is 5.80. The lowest BCUT2D eigenvalue weighted by molar-refractivity contribution is 0.187. The van der Waals surface area contributed by atoms with Crippen LogP contribution >= 0.6 is 11.6 Å². The Morgan fingerprint density at radius 2 is 2.05 bits per heavy atom. The fourth-order valence-electron chi connectivity index (χ4n) is 2.44. The van der Waals surface area contributed by atoms with Crippen molar-refractivity contribution in [3.8, 4) is 0 Å². The predicted octanol–water partition coefficient (Wildman–Crippen LogP) is 2.73. The number of piperidine rings is 1. The van der Waals surface area contributed by atoms with Gasteiger partial charge >= 0.3 is 0 Å². The second-order valence-corrected chi connectivity index (χ2v) is 8.11. The third-order valence-electron chi connectivity index (χ3n) is 3.44. The van der Waals surface area contributed by atoms with E-state index in [9.17, 15) is 8.42 Å². The van der Waals surface area contributed by atoms with E-state index in [1.807, 2.05) is 0 Å². The molecular weight excluding hydrogens is 284 g/mol. The Balaban J connectivity index is 2.37. The standard InChI is InChI=1S/C13H19ClN2O2S/c1-13(2)6-3-7-16(9-13)19(17,18)12-5-4-10(15)8-11(12)14/h4-5,8H,3,6-7,9,15H2,1-2H3. The normalized spacial score (nSPS) is 20.4. The Labute approximate surface area is 119 Å². The molecule has 4 nitrogen and oxygen atoms in total. The molecule has 2 N–H and O–H groups in total. The van der Waals surface area contributed by atoms with Gasteiger partial charge in [0.2, 0.25) is 10.0 Å². The number of benzene rings is 1. The molecule has 0 aromatic heterocycles. The first kappa shape index (κ1) is 14.6. The van der Waals surface area contributed by atoms with Crippen LogP contribution in [0.15, 0.2) is 23.1 Å². The number of halogens is 1. The number of hydrogen-bond donors (Lipinski definition) is 1. The van der Waals surface area contributed by atoms with Crippen molar-refractivity contribution in [3.63, 3.8) is 0 Å². The van der Waals surface area contributed by atoms with Crippen molar-refractivity contribution in [3.05, 3.63) is 23.2 Å². The van der Waals surface area contributed by atoms with Crippen molar-refractivity contribution in [1.82, 2.24) is 4.31 Å². The molecule has 0 unspecified atom stereocenters. The first-order valence-corrected chi connectivity index (χ1v) is 8.09. The van der Waals surface area contributed by atoms with Crippen LogP contribution in [0.2, 0.25) is 5.02 Å². The van der Waals surface area contributed by atoms with Gasteiger partial charge < -0.3 is 5.73 Å². The Morgan fingerprint density at radius 3 is 2.63 bits per heavy atom. The highest BCUT2D eigenvalue weighted by Crippen LogP contribution is 2.34. The lowest BCUT2D eigenvalue weighted by atomic mass is 9.85. The van der Waals surface area contributed by atoms with Crippen LogP contribution in [0.5, 0.6) is 0 Å². The maximum absolute atomic E-state index is 12.6. The number of hydrogen-bond acceptors (Lipinski definition) is 3. The van der Waals surface area contributed by atoms with Crippen LogP contribution in [-0.2, 0) is 10.0 Å². The minimum Gasteiger partial charge on any atom is -0.399 e. The quantitative estimate of drug-likeness (QED) is 0.854. The first-order chi connectivity index (χ1) is 8.72. The number of sulfonamides is 1. The lowest BCUT2D eigenvalue weighted by Gasteiger charge is -2.37. The summed E-state index contributed by atoms with van der Waals surface area (Å²) in [5, 5.41) is 0.184. The summed E-state index contributed by atoms with van der Waals surface area (Å²) in [4.78, 5) is 0.140. The average Bonchev–Trinajstić information content (AvgIpc) is 2.27. The molecule has 106 valence electrons. The van der Waals surface area contributed by atoms with Gasteiger partial charge in [0.05, 0.1) is 5.02 Å². The van der Waals surface area contributed by atoms with Gasteiger partial charge in [-0.15, -0.1) is 0 Å². The molecular formula is C13H19ClN2O2S. The van der Waals surface area contributed by atoms with Crippen molar-refractivity contribution in [2.24, 2.45) is 5.41 Å². The number of nitrogen functional groups attached to an aromatic ring is 1. The van der Waals surface area contributed by atoms with Gasteiger partial charge in [-0.25, -0.2) is 8.42 Å². The maximum atomic E-state index is 12.6. The molecule has 6 heteroatoms. The molecule has 0 spiro atoms. The smallest absolute Gasteiger partial charge is 0.244 e. The summed E-state index contributed by atoms with van der Waals surface area (Å²) >= 11 is 6.02. The molecule has 0 radical (unpaired) electrons. The van der Waals surface area contributed by atoms with Crippen molar-refractivity contribution < 1.29 is 8.42 Å². The van der Waals surface area contributed by atoms with Crippen molar-refractivity contribution in [2.75, 3.05) is 18.8 Å². The minimum absolute atomic E-state index is 0.00556. The van der Waals surface area contributed by atoms with Crippen LogP contribution in [0.1, 0.15) is 26.7 Å². The zero-order valence-electron chi connectivity index (χ0n) is 11.2. The minimum atomic E-state index is -3.53. The fourth-order valence-corrected chi connectivity index (χ4v) is 4.63. The molecule has 1 aromatic rings. The molecule has 1 fully saturated rings. The number of anilines is 1. The number of rotatable bonds is 2. The molecule has 0 aliphatic carbocycles. The summed E-state index contributed by atoms with van der Waals surface area (Å²) < 4.78 is 26.7. The van der Waals surface area contributed by atoms with E-state index in [1.165, 1.54) is 16.4 Å². The average molecular weight is 303 g/mol. The molecule has 0 saturated carbocycles. The third-order valence-corrected chi connectivity index (χ3v) is 5.77. The van der Waals surface area contributed by atoms with Gasteiger partial charge in [-0.1, -0.05) is 25.4 Å². The Kier molecular flexibility index (Phi) is 3.82. The highest BCUT2D eigenvalue weighted by molar-refractivity contribution is 7.89. The van der Waals surface area contributed by atoms with E-state index in [4.69, 9.17) is 17.3 Å². The van der Waals surface area contributed by atoms with Gasteiger partial charge in [0.1, 0.15) is 4.90 Å². The van der Waals surface area contributed by atoms with E-state index in [1.54, 1.807) is 6.07 Å². The van der Waals surface area contributed by atoms with Gasteiger partial charge in [0, 0.05) is 18.8 Å². The maximum Gasteiger partial charge on any atom is 0.244 e. The van der Waals surface area contributed by atoms with Crippen LogP contribution in [-0.4, -0.2) is 25.8 Å². The fraction of sp³-hybridized carbons (Fsp3) is 0.538. The van der Waals surface area contributed by atoms with Gasteiger partial charge in [0.15, 0.2) is 0 Å². The SMILES string of the molecule is CC1(C)CCCN(S(=O)(=O)c2ccc(N)cc2Cl)C1. The van der Waals surface area contributed by atoms with E-state index >= 15 is 0 Å². The molecule has 0 atom stereocenters. The summed E-state index contributed by atoms with van der Waals surface area (Å²) in [5.41, 5.74) is 6.07. The van der Waals surface area contributed by atoms with Gasteiger partial charge in [-0.05, 0) is 36.5 Å². The molecule has 19 heavy (non-hydrogen) atoms. The van der Waals surface area contributed by atoms with Crippen molar-refractivity contribution in [1.29, 1.82) is 0 Å². The van der Waals surface area contributed by atoms with E-state index in [-0.39, 0.29) is 15.3 Å². The largest absolute Gasteiger partial charge is 0.399 e. The molecule has 1 aliphatic heterocycles. The van der Waals surface area contributed by atoms with E-state index < -0.39 is 10.0 Å². The lowest BCUT2D eigenvalue weighted by Crippen LogP contribution is -2.43. The van der Waals surface area contributed by atoms with Gasteiger partial charge in [-0.2, -0.15) is 4.31 Å². The van der Waals surface area contributed by atoms with E-state index in [0.717, 1.165) is 12.8 Å². The molecule has 1 heterocycles. The number of nitrogens with two attached hydrogens (primary N) is 1. The zero-order valence-corrected chi connectivity index (χ0v) is 12.8. The Morgan fingerprint density at radius 1 is 1.37 bits per heavy atom. The summed E-state index contributed by atoms with van der Waals surface area (Å²) in [7, 11) is -3.53.